The molecule has 1 aromatic rings. The average Bonchev–Trinajstić information content (AvgIpc) is 2.71. The van der Waals surface area contributed by atoms with E-state index in [0.717, 1.165) is 5.56 Å². The quantitative estimate of drug-likeness (QED) is 0.672. The Morgan fingerprint density at radius 2 is 1.74 bits per heavy atom. The Balaban J connectivity index is 1.84. The molecule has 1 fully saturated rings. The van der Waals surface area contributed by atoms with Crippen molar-refractivity contribution in [3.8, 4) is 0 Å². The number of carbonyl (C=O) groups is 2. The second-order valence-electron chi connectivity index (χ2n) is 4.56. The molecule has 3 amide bonds. The van der Waals surface area contributed by atoms with Crippen LogP contribution in [-0.2, 0) is 11.2 Å². The number of β-amino-alcohol motifs (C(OH)–C–C–N with tert-alkyl or cyclic N) is 2. The van der Waals surface area contributed by atoms with Crippen molar-refractivity contribution in [1.29, 1.82) is 0 Å². The van der Waals surface area contributed by atoms with Gasteiger partial charge >= 0.3 is 6.03 Å². The summed E-state index contributed by atoms with van der Waals surface area (Å²) < 4.78 is 0. The van der Waals surface area contributed by atoms with E-state index in [4.69, 9.17) is 0 Å². The van der Waals surface area contributed by atoms with Gasteiger partial charge in [-0.05, 0) is 5.56 Å². The number of amides is 3. The van der Waals surface area contributed by atoms with Crippen LogP contribution < -0.4 is 5.32 Å². The Labute approximate surface area is 110 Å². The number of hydrogen-bond donors (Lipinski definition) is 3. The predicted octanol–water partition coefficient (Wildman–Crippen LogP) is -0.497. The number of likely N-dealkylation sites (tertiary alicyclic amines) is 1. The number of benzene rings is 1. The molecule has 0 spiro atoms. The smallest absolute Gasteiger partial charge is 0.324 e. The lowest BCUT2D eigenvalue weighted by atomic mass is 10.1. The Morgan fingerprint density at radius 1 is 1.16 bits per heavy atom. The molecule has 3 N–H and O–H groups in total. The molecular weight excluding hydrogens is 248 g/mol. The van der Waals surface area contributed by atoms with E-state index in [0.29, 0.717) is 0 Å². The highest BCUT2D eigenvalue weighted by atomic mass is 16.3. The normalized spacial score (nSPS) is 22.3. The average molecular weight is 264 g/mol. The third-order valence-electron chi connectivity index (χ3n) is 3.00. The summed E-state index contributed by atoms with van der Waals surface area (Å²) in [4.78, 5) is 24.6. The van der Waals surface area contributed by atoms with E-state index < -0.39 is 24.1 Å². The number of aliphatic hydroxyl groups excluding tert-OH is 2. The summed E-state index contributed by atoms with van der Waals surface area (Å²) in [5.74, 6) is -0.410. The predicted molar refractivity (Wildman–Crippen MR) is 67.3 cm³/mol. The molecule has 0 bridgehead atoms. The van der Waals surface area contributed by atoms with Crippen molar-refractivity contribution < 1.29 is 19.8 Å². The first-order valence-corrected chi connectivity index (χ1v) is 6.05. The summed E-state index contributed by atoms with van der Waals surface area (Å²) >= 11 is 0. The molecule has 1 aromatic carbocycles. The number of urea groups is 1. The molecule has 0 saturated carbocycles. The zero-order valence-electron chi connectivity index (χ0n) is 10.3. The molecule has 6 nitrogen and oxygen atoms in total. The largest absolute Gasteiger partial charge is 0.388 e. The van der Waals surface area contributed by atoms with Crippen LogP contribution in [0.15, 0.2) is 30.3 Å². The lowest BCUT2D eigenvalue weighted by Gasteiger charge is -2.15. The van der Waals surface area contributed by atoms with Gasteiger partial charge in [0, 0.05) is 0 Å². The van der Waals surface area contributed by atoms with Crippen LogP contribution >= 0.6 is 0 Å². The van der Waals surface area contributed by atoms with Crippen LogP contribution in [0.1, 0.15) is 5.56 Å². The molecular formula is C13H16N2O4. The second kappa shape index (κ2) is 5.81. The Bertz CT molecular complexity index is 453. The van der Waals surface area contributed by atoms with E-state index in [2.05, 4.69) is 5.32 Å². The number of nitrogens with zero attached hydrogens (tertiary/aromatic N) is 1. The fraction of sp³-hybridized carbons (Fsp3) is 0.385. The van der Waals surface area contributed by atoms with E-state index in [1.807, 2.05) is 18.2 Å². The molecule has 1 heterocycles. The van der Waals surface area contributed by atoms with Crippen LogP contribution in [0, 0.1) is 0 Å². The first-order valence-electron chi connectivity index (χ1n) is 6.05. The fourth-order valence-electron chi connectivity index (χ4n) is 1.96. The minimum Gasteiger partial charge on any atom is -0.388 e. The highest BCUT2D eigenvalue weighted by molar-refractivity contribution is 5.95. The first kappa shape index (κ1) is 13.5. The van der Waals surface area contributed by atoms with Crippen molar-refractivity contribution in [2.75, 3.05) is 13.1 Å². The van der Waals surface area contributed by atoms with Gasteiger partial charge in [0.2, 0.25) is 5.91 Å². The number of carbonyl (C=O) groups excluding carboxylic acids is 2. The van der Waals surface area contributed by atoms with Crippen molar-refractivity contribution in [3.05, 3.63) is 35.9 Å². The van der Waals surface area contributed by atoms with Gasteiger partial charge in [-0.15, -0.1) is 0 Å². The summed E-state index contributed by atoms with van der Waals surface area (Å²) in [6.07, 6.45) is -1.78. The van der Waals surface area contributed by atoms with Crippen LogP contribution in [0.3, 0.4) is 0 Å². The zero-order chi connectivity index (χ0) is 13.8. The van der Waals surface area contributed by atoms with Gasteiger partial charge in [-0.3, -0.25) is 10.1 Å². The van der Waals surface area contributed by atoms with E-state index in [9.17, 15) is 19.8 Å². The molecule has 19 heavy (non-hydrogen) atoms. The standard InChI is InChI=1S/C13H16N2O4/c16-10-7-15(8-11(10)17)13(19)14-12(18)6-9-4-2-1-3-5-9/h1-5,10-11,16-17H,6-8H2,(H,14,18,19). The SMILES string of the molecule is O=C(Cc1ccccc1)NC(=O)N1CC(O)C(O)C1. The van der Waals surface area contributed by atoms with Crippen LogP contribution in [0.25, 0.3) is 0 Å². The van der Waals surface area contributed by atoms with E-state index in [1.165, 1.54) is 4.90 Å². The Kier molecular flexibility index (Phi) is 4.13. The molecule has 6 heteroatoms. The molecule has 1 saturated heterocycles. The molecule has 0 radical (unpaired) electrons. The number of imide groups is 1. The Morgan fingerprint density at radius 3 is 2.32 bits per heavy atom. The topological polar surface area (TPSA) is 89.9 Å². The summed E-state index contributed by atoms with van der Waals surface area (Å²) in [5.41, 5.74) is 0.814. The summed E-state index contributed by atoms with van der Waals surface area (Å²) in [7, 11) is 0. The van der Waals surface area contributed by atoms with Gasteiger partial charge in [-0.25, -0.2) is 4.79 Å². The molecule has 102 valence electrons. The first-order chi connectivity index (χ1) is 9.06. The lowest BCUT2D eigenvalue weighted by molar-refractivity contribution is -0.119. The van der Waals surface area contributed by atoms with Crippen molar-refractivity contribution in [2.45, 2.75) is 18.6 Å². The molecule has 0 aromatic heterocycles. The second-order valence-corrected chi connectivity index (χ2v) is 4.56. The number of aliphatic hydroxyl groups is 2. The minimum absolute atomic E-state index is 0.0334. The fourth-order valence-corrected chi connectivity index (χ4v) is 1.96. The van der Waals surface area contributed by atoms with Gasteiger partial charge in [0.15, 0.2) is 0 Å². The summed E-state index contributed by atoms with van der Waals surface area (Å²) in [5, 5.41) is 20.9. The minimum atomic E-state index is -0.949. The number of hydrogen-bond acceptors (Lipinski definition) is 4. The van der Waals surface area contributed by atoms with Crippen molar-refractivity contribution in [1.82, 2.24) is 10.2 Å². The molecule has 2 unspecified atom stereocenters. The monoisotopic (exact) mass is 264 g/mol. The van der Waals surface area contributed by atoms with Crippen molar-refractivity contribution in [2.24, 2.45) is 0 Å². The van der Waals surface area contributed by atoms with E-state index >= 15 is 0 Å². The van der Waals surface area contributed by atoms with Gasteiger partial charge in [0.1, 0.15) is 0 Å². The zero-order valence-corrected chi connectivity index (χ0v) is 10.3. The molecule has 1 aliphatic heterocycles. The van der Waals surface area contributed by atoms with Gasteiger partial charge in [0.25, 0.3) is 0 Å². The summed E-state index contributed by atoms with van der Waals surface area (Å²) in [6.45, 7) is 0.0667. The third-order valence-corrected chi connectivity index (χ3v) is 3.00. The van der Waals surface area contributed by atoms with Gasteiger partial charge in [-0.1, -0.05) is 30.3 Å². The third kappa shape index (κ3) is 3.52. The molecule has 0 aliphatic carbocycles. The lowest BCUT2D eigenvalue weighted by Crippen LogP contribution is -2.42. The highest BCUT2D eigenvalue weighted by Crippen LogP contribution is 2.09. The van der Waals surface area contributed by atoms with E-state index in [1.54, 1.807) is 12.1 Å². The number of nitrogens with one attached hydrogen (secondary N) is 1. The maximum absolute atomic E-state index is 11.7. The molecule has 1 aliphatic rings. The van der Waals surface area contributed by atoms with Gasteiger partial charge < -0.3 is 15.1 Å². The Hall–Kier alpha value is -1.92. The molecule has 2 atom stereocenters. The van der Waals surface area contributed by atoms with Crippen LogP contribution in [-0.4, -0.2) is 52.3 Å². The maximum Gasteiger partial charge on any atom is 0.324 e. The van der Waals surface area contributed by atoms with Crippen molar-refractivity contribution in [3.63, 3.8) is 0 Å². The van der Waals surface area contributed by atoms with Gasteiger partial charge in [-0.2, -0.15) is 0 Å². The van der Waals surface area contributed by atoms with Crippen LogP contribution in [0.5, 0.6) is 0 Å². The molecule has 2 rings (SSSR count). The number of rotatable bonds is 2. The van der Waals surface area contributed by atoms with Gasteiger partial charge in [0.05, 0.1) is 31.7 Å². The van der Waals surface area contributed by atoms with Crippen LogP contribution in [0.4, 0.5) is 4.79 Å². The highest BCUT2D eigenvalue weighted by Gasteiger charge is 2.32. The van der Waals surface area contributed by atoms with Crippen molar-refractivity contribution >= 4 is 11.9 Å². The summed E-state index contributed by atoms with van der Waals surface area (Å²) in [6, 6.07) is 8.49. The maximum atomic E-state index is 11.7. The van der Waals surface area contributed by atoms with Crippen LogP contribution in [0.2, 0.25) is 0 Å². The van der Waals surface area contributed by atoms with E-state index in [-0.39, 0.29) is 19.5 Å².